The van der Waals surface area contributed by atoms with Gasteiger partial charge in [-0.3, -0.25) is 0 Å². The third-order valence-electron chi connectivity index (χ3n) is 12.0. The molecule has 8 aromatic rings. The lowest BCUT2D eigenvalue weighted by atomic mass is 10.0. The van der Waals surface area contributed by atoms with E-state index in [9.17, 15) is 0 Å². The maximum atomic E-state index is 2.70. The van der Waals surface area contributed by atoms with E-state index in [-0.39, 0.29) is 0 Å². The van der Waals surface area contributed by atoms with Crippen molar-refractivity contribution in [3.05, 3.63) is 97.1 Å². The molecule has 0 radical (unpaired) electrons. The minimum Gasteiger partial charge on any atom is -0.340 e. The molecule has 0 spiro atoms. The molecule has 0 N–H and O–H groups in total. The van der Waals surface area contributed by atoms with Gasteiger partial charge in [-0.15, -0.1) is 0 Å². The van der Waals surface area contributed by atoms with E-state index < -0.39 is 0 Å². The predicted molar refractivity (Wildman–Crippen MR) is 230 cm³/mol. The normalized spacial score (nSPS) is 12.3. The van der Waals surface area contributed by atoms with E-state index in [1.165, 1.54) is 179 Å². The molecule has 268 valence electrons. The van der Waals surface area contributed by atoms with Crippen molar-refractivity contribution in [3.63, 3.8) is 0 Å². The van der Waals surface area contributed by atoms with Crippen LogP contribution in [0.4, 0.5) is 0 Å². The van der Waals surface area contributed by atoms with Crippen LogP contribution in [0.1, 0.15) is 117 Å². The van der Waals surface area contributed by atoms with E-state index in [1.807, 2.05) is 0 Å². The van der Waals surface area contributed by atoms with E-state index in [0.29, 0.717) is 0 Å². The van der Waals surface area contributed by atoms with Crippen LogP contribution in [0, 0.1) is 0 Å². The molecule has 0 saturated carbocycles. The number of aromatic nitrogens is 2. The van der Waals surface area contributed by atoms with Crippen molar-refractivity contribution in [3.8, 4) is 0 Å². The monoisotopic (exact) mass is 686 g/mol. The summed E-state index contributed by atoms with van der Waals surface area (Å²) < 4.78 is 5.39. The van der Waals surface area contributed by atoms with E-state index >= 15 is 0 Å². The molecule has 0 atom stereocenters. The summed E-state index contributed by atoms with van der Waals surface area (Å²) in [6.45, 7) is 6.75. The Labute approximate surface area is 310 Å². The van der Waals surface area contributed by atoms with Crippen LogP contribution in [-0.2, 0) is 13.1 Å². The smallest absolute Gasteiger partial charge is 0.0571 e. The SMILES string of the molecule is CCCCCCCCCCn1c2cc3ccccc3cc2c2ccc3c(ccc4c5cc6ccccc6cc5n(CCCCCCCCCC)c43)c21. The molecular weight excluding hydrogens is 629 g/mol. The zero-order valence-electron chi connectivity index (χ0n) is 31.9. The topological polar surface area (TPSA) is 9.86 Å². The van der Waals surface area contributed by atoms with Crippen LogP contribution in [-0.4, -0.2) is 9.13 Å². The number of unbranched alkanes of at least 4 members (excludes halogenated alkanes) is 14. The first kappa shape index (κ1) is 34.8. The van der Waals surface area contributed by atoms with Gasteiger partial charge in [0.15, 0.2) is 0 Å². The fourth-order valence-electron chi connectivity index (χ4n) is 9.24. The molecule has 0 saturated heterocycles. The van der Waals surface area contributed by atoms with Crippen LogP contribution in [0.2, 0.25) is 0 Å². The average Bonchev–Trinajstić information content (AvgIpc) is 3.66. The Bertz CT molecular complexity index is 2280. The Kier molecular flexibility index (Phi) is 10.8. The third-order valence-corrected chi connectivity index (χ3v) is 12.0. The first-order valence-electron chi connectivity index (χ1n) is 21.0. The van der Waals surface area contributed by atoms with Gasteiger partial charge in [0.1, 0.15) is 0 Å². The van der Waals surface area contributed by atoms with Gasteiger partial charge in [0.25, 0.3) is 0 Å². The van der Waals surface area contributed by atoms with Crippen LogP contribution in [0.3, 0.4) is 0 Å². The Hall–Kier alpha value is -4.30. The molecule has 2 aromatic heterocycles. The molecule has 0 aliphatic carbocycles. The third kappa shape index (κ3) is 6.82. The Morgan fingerprint density at radius 3 is 1.00 bits per heavy atom. The molecule has 2 nitrogen and oxygen atoms in total. The Balaban J connectivity index is 1.24. The molecule has 52 heavy (non-hydrogen) atoms. The van der Waals surface area contributed by atoms with Gasteiger partial charge in [-0.1, -0.05) is 177 Å². The summed E-state index contributed by atoms with van der Waals surface area (Å²) >= 11 is 0. The first-order valence-corrected chi connectivity index (χ1v) is 21.0. The lowest BCUT2D eigenvalue weighted by molar-refractivity contribution is 0.553. The molecule has 0 amide bonds. The molecule has 6 aromatic carbocycles. The molecule has 8 rings (SSSR count). The highest BCUT2D eigenvalue weighted by molar-refractivity contribution is 6.26. The zero-order valence-corrected chi connectivity index (χ0v) is 31.9. The number of hydrogen-bond donors (Lipinski definition) is 0. The fraction of sp³-hybridized carbons (Fsp3) is 0.400. The summed E-state index contributed by atoms with van der Waals surface area (Å²) in [7, 11) is 0. The van der Waals surface area contributed by atoms with Gasteiger partial charge < -0.3 is 9.13 Å². The van der Waals surface area contributed by atoms with Gasteiger partial charge in [0, 0.05) is 56.4 Å². The highest BCUT2D eigenvalue weighted by atomic mass is 15.0. The van der Waals surface area contributed by atoms with Crippen molar-refractivity contribution in [1.29, 1.82) is 0 Å². The van der Waals surface area contributed by atoms with Crippen LogP contribution in [0.5, 0.6) is 0 Å². The van der Waals surface area contributed by atoms with Crippen LogP contribution >= 0.6 is 0 Å². The zero-order chi connectivity index (χ0) is 35.3. The summed E-state index contributed by atoms with van der Waals surface area (Å²) in [6.07, 6.45) is 21.4. The number of fused-ring (bicyclic) bond motifs is 11. The molecule has 0 aliphatic heterocycles. The summed E-state index contributed by atoms with van der Waals surface area (Å²) in [5.41, 5.74) is 5.60. The molecule has 0 bridgehead atoms. The number of aryl methyl sites for hydroxylation is 2. The number of hydrogen-bond acceptors (Lipinski definition) is 0. The minimum absolute atomic E-state index is 1.07. The second-order valence-electron chi connectivity index (χ2n) is 15.7. The van der Waals surface area contributed by atoms with E-state index in [1.54, 1.807) is 0 Å². The maximum absolute atomic E-state index is 2.70. The van der Waals surface area contributed by atoms with Gasteiger partial charge in [0.2, 0.25) is 0 Å². The number of rotatable bonds is 18. The van der Waals surface area contributed by atoms with E-state index in [0.717, 1.165) is 13.1 Å². The number of benzene rings is 6. The van der Waals surface area contributed by atoms with E-state index in [4.69, 9.17) is 0 Å². The van der Waals surface area contributed by atoms with Crippen molar-refractivity contribution >= 4 is 75.9 Å². The first-order chi connectivity index (χ1) is 25.8. The van der Waals surface area contributed by atoms with Crippen LogP contribution in [0.25, 0.3) is 75.9 Å². The second-order valence-corrected chi connectivity index (χ2v) is 15.7. The van der Waals surface area contributed by atoms with Crippen molar-refractivity contribution < 1.29 is 0 Å². The predicted octanol–water partition coefficient (Wildman–Crippen LogP) is 15.6. The van der Waals surface area contributed by atoms with Crippen LogP contribution < -0.4 is 0 Å². The highest BCUT2D eigenvalue weighted by Gasteiger charge is 2.19. The largest absolute Gasteiger partial charge is 0.340 e. The van der Waals surface area contributed by atoms with Gasteiger partial charge in [-0.2, -0.15) is 0 Å². The molecule has 2 heterocycles. The summed E-state index contributed by atoms with van der Waals surface area (Å²) in [5.74, 6) is 0. The molecule has 2 heteroatoms. The Morgan fingerprint density at radius 1 is 0.327 bits per heavy atom. The quantitative estimate of drug-likeness (QED) is 0.0795. The van der Waals surface area contributed by atoms with Crippen LogP contribution in [0.15, 0.2) is 97.1 Å². The summed E-state index contributed by atoms with van der Waals surface area (Å²) in [4.78, 5) is 0. The lowest BCUT2D eigenvalue weighted by Crippen LogP contribution is -2.00. The Morgan fingerprint density at radius 2 is 0.635 bits per heavy atom. The van der Waals surface area contributed by atoms with Crippen molar-refractivity contribution in [2.45, 2.75) is 130 Å². The van der Waals surface area contributed by atoms with Crippen molar-refractivity contribution in [1.82, 2.24) is 9.13 Å². The number of nitrogens with zero attached hydrogens (tertiary/aromatic N) is 2. The van der Waals surface area contributed by atoms with Gasteiger partial charge in [0.05, 0.1) is 11.0 Å². The lowest BCUT2D eigenvalue weighted by Gasteiger charge is -2.13. The van der Waals surface area contributed by atoms with E-state index in [2.05, 4.69) is 120 Å². The van der Waals surface area contributed by atoms with Gasteiger partial charge >= 0.3 is 0 Å². The summed E-state index contributed by atoms with van der Waals surface area (Å²) in [6, 6.07) is 37.5. The highest BCUT2D eigenvalue weighted by Crippen LogP contribution is 2.42. The van der Waals surface area contributed by atoms with Crippen molar-refractivity contribution in [2.24, 2.45) is 0 Å². The molecule has 0 aliphatic rings. The summed E-state index contributed by atoms with van der Waals surface area (Å²) in [5, 5.41) is 13.7. The molecule has 0 unspecified atom stereocenters. The standard InChI is InChI=1S/C50H58N2/c1-3-5-7-9-11-13-15-21-31-51-47-35-39-25-19-17-23-37(39)33-45(47)43-29-28-42-41(49(43)51)27-30-44-46-34-38-24-18-20-26-40(38)36-48(46)52(50(42)44)32-22-16-14-12-10-8-6-4-2/h17-20,23-30,33-36H,3-16,21-22,31-32H2,1-2H3. The van der Waals surface area contributed by atoms with Gasteiger partial charge in [-0.05, 0) is 58.7 Å². The maximum Gasteiger partial charge on any atom is 0.0571 e. The average molecular weight is 687 g/mol. The fourth-order valence-corrected chi connectivity index (χ4v) is 9.24. The van der Waals surface area contributed by atoms with Gasteiger partial charge in [-0.25, -0.2) is 0 Å². The molecule has 0 fully saturated rings. The molecular formula is C50H58N2. The minimum atomic E-state index is 1.07. The second kappa shape index (κ2) is 16.2. The van der Waals surface area contributed by atoms with Crippen molar-refractivity contribution in [2.75, 3.05) is 0 Å².